The number of benzene rings is 1. The van der Waals surface area contributed by atoms with E-state index in [1.807, 2.05) is 6.07 Å². The number of hydrogen-bond donors (Lipinski definition) is 2. The van der Waals surface area contributed by atoms with E-state index in [-0.39, 0.29) is 4.90 Å². The van der Waals surface area contributed by atoms with Crippen molar-refractivity contribution in [1.82, 2.24) is 0 Å². The Morgan fingerprint density at radius 3 is 2.77 bits per heavy atom. The van der Waals surface area contributed by atoms with Crippen LogP contribution in [0, 0.1) is 0 Å². The van der Waals surface area contributed by atoms with Crippen LogP contribution in [0.3, 0.4) is 0 Å². The Bertz CT molecular complexity index is 518. The lowest BCUT2D eigenvalue weighted by Crippen LogP contribution is -2.04. The summed E-state index contributed by atoms with van der Waals surface area (Å²) in [5.41, 5.74) is 6.04. The lowest BCUT2D eigenvalue weighted by atomic mass is 10.2. The molecule has 1 heterocycles. The van der Waals surface area contributed by atoms with Gasteiger partial charge in [0, 0.05) is 5.39 Å². The van der Waals surface area contributed by atoms with E-state index < -0.39 is 5.63 Å². The van der Waals surface area contributed by atoms with Gasteiger partial charge in [-0.05, 0) is 12.1 Å². The Kier molecular flexibility index (Phi) is 1.77. The quantitative estimate of drug-likeness (QED) is 0.494. The van der Waals surface area contributed by atoms with Crippen LogP contribution in [0.4, 0.5) is 5.69 Å². The molecule has 0 radical (unpaired) electrons. The molecule has 2 N–H and O–H groups in total. The van der Waals surface area contributed by atoms with Gasteiger partial charge in [0.1, 0.15) is 10.5 Å². The predicted octanol–water partition coefficient (Wildman–Crippen LogP) is 1.66. The molecular weight excluding hydrogens is 186 g/mol. The van der Waals surface area contributed by atoms with Crippen LogP contribution in [0.5, 0.6) is 0 Å². The Labute approximate surface area is 79.6 Å². The van der Waals surface area contributed by atoms with E-state index in [0.717, 1.165) is 0 Å². The minimum absolute atomic E-state index is 0.165. The largest absolute Gasteiger partial charge is 0.422 e. The molecule has 0 aliphatic carbocycles. The molecule has 0 fully saturated rings. The summed E-state index contributed by atoms with van der Waals surface area (Å²) in [5.74, 6) is 0. The summed E-state index contributed by atoms with van der Waals surface area (Å²) in [6, 6.07) is 7.09. The standard InChI is InChI=1S/C9H7NO2S/c10-7-5-3-1-2-4-6(5)12-9(11)8(7)13/h1-4,13H,10H2. The van der Waals surface area contributed by atoms with Gasteiger partial charge in [-0.15, -0.1) is 12.6 Å². The van der Waals surface area contributed by atoms with Gasteiger partial charge in [0.25, 0.3) is 0 Å². The van der Waals surface area contributed by atoms with Crippen LogP contribution in [0.15, 0.2) is 38.4 Å². The van der Waals surface area contributed by atoms with Crippen molar-refractivity contribution < 1.29 is 4.42 Å². The minimum Gasteiger partial charge on any atom is -0.422 e. The van der Waals surface area contributed by atoms with Gasteiger partial charge in [-0.3, -0.25) is 0 Å². The number of fused-ring (bicyclic) bond motifs is 1. The first kappa shape index (κ1) is 8.19. The van der Waals surface area contributed by atoms with Crippen molar-refractivity contribution >= 4 is 29.3 Å². The fourth-order valence-electron chi connectivity index (χ4n) is 1.16. The molecule has 3 nitrogen and oxygen atoms in total. The average Bonchev–Trinajstić information content (AvgIpc) is 2.15. The Balaban J connectivity index is 3.02. The highest BCUT2D eigenvalue weighted by atomic mass is 32.1. The average molecular weight is 193 g/mol. The molecule has 0 spiro atoms. The molecular formula is C9H7NO2S. The number of nitrogen functional groups attached to an aromatic ring is 1. The summed E-state index contributed by atoms with van der Waals surface area (Å²) in [6.45, 7) is 0. The summed E-state index contributed by atoms with van der Waals surface area (Å²) >= 11 is 3.96. The molecule has 2 aromatic rings. The van der Waals surface area contributed by atoms with Crippen LogP contribution in [-0.2, 0) is 0 Å². The first-order chi connectivity index (χ1) is 6.20. The molecule has 0 unspecified atom stereocenters. The molecule has 1 aromatic heterocycles. The molecule has 0 saturated carbocycles. The van der Waals surface area contributed by atoms with E-state index in [4.69, 9.17) is 10.2 Å². The van der Waals surface area contributed by atoms with Crippen molar-refractivity contribution in [3.63, 3.8) is 0 Å². The van der Waals surface area contributed by atoms with Crippen molar-refractivity contribution in [2.24, 2.45) is 0 Å². The zero-order valence-electron chi connectivity index (χ0n) is 6.65. The first-order valence-corrected chi connectivity index (χ1v) is 4.15. The topological polar surface area (TPSA) is 56.2 Å². The van der Waals surface area contributed by atoms with Crippen molar-refractivity contribution in [3.05, 3.63) is 34.7 Å². The van der Waals surface area contributed by atoms with E-state index in [0.29, 0.717) is 16.7 Å². The molecule has 1 aromatic carbocycles. The maximum Gasteiger partial charge on any atom is 0.351 e. The lowest BCUT2D eigenvalue weighted by molar-refractivity contribution is 0.545. The molecule has 0 bridgehead atoms. The van der Waals surface area contributed by atoms with E-state index in [1.54, 1.807) is 18.2 Å². The number of para-hydroxylation sites is 1. The van der Waals surface area contributed by atoms with Crippen molar-refractivity contribution in [2.45, 2.75) is 4.90 Å². The van der Waals surface area contributed by atoms with Gasteiger partial charge in [-0.1, -0.05) is 12.1 Å². The molecule has 0 saturated heterocycles. The first-order valence-electron chi connectivity index (χ1n) is 3.70. The third-order valence-electron chi connectivity index (χ3n) is 1.83. The summed E-state index contributed by atoms with van der Waals surface area (Å²) in [5, 5.41) is 0.715. The molecule has 13 heavy (non-hydrogen) atoms. The number of nitrogens with two attached hydrogens (primary N) is 1. The number of anilines is 1. The highest BCUT2D eigenvalue weighted by Crippen LogP contribution is 2.23. The fraction of sp³-hybridized carbons (Fsp3) is 0. The van der Waals surface area contributed by atoms with Gasteiger partial charge in [-0.25, -0.2) is 4.79 Å². The third-order valence-corrected chi connectivity index (χ3v) is 2.25. The molecule has 2 rings (SSSR count). The van der Waals surface area contributed by atoms with Gasteiger partial charge >= 0.3 is 5.63 Å². The van der Waals surface area contributed by atoms with Gasteiger partial charge < -0.3 is 10.2 Å². The highest BCUT2D eigenvalue weighted by molar-refractivity contribution is 7.80. The van der Waals surface area contributed by atoms with Gasteiger partial charge in [0.2, 0.25) is 0 Å². The summed E-state index contributed by atoms with van der Waals surface area (Å²) in [6.07, 6.45) is 0. The van der Waals surface area contributed by atoms with Crippen LogP contribution < -0.4 is 11.4 Å². The lowest BCUT2D eigenvalue weighted by Gasteiger charge is -2.01. The Hall–Kier alpha value is -1.42. The van der Waals surface area contributed by atoms with E-state index in [1.165, 1.54) is 0 Å². The Morgan fingerprint density at radius 1 is 1.31 bits per heavy atom. The van der Waals surface area contributed by atoms with Gasteiger partial charge in [-0.2, -0.15) is 0 Å². The van der Waals surface area contributed by atoms with Gasteiger partial charge in [0.15, 0.2) is 0 Å². The summed E-state index contributed by atoms with van der Waals surface area (Å²) in [4.78, 5) is 11.3. The van der Waals surface area contributed by atoms with Crippen molar-refractivity contribution in [2.75, 3.05) is 5.73 Å². The van der Waals surface area contributed by atoms with Crippen LogP contribution in [0.25, 0.3) is 11.0 Å². The summed E-state index contributed by atoms with van der Waals surface area (Å²) < 4.78 is 4.96. The molecule has 0 atom stereocenters. The van der Waals surface area contributed by atoms with Crippen molar-refractivity contribution in [1.29, 1.82) is 0 Å². The molecule has 0 aliphatic heterocycles. The zero-order chi connectivity index (χ0) is 9.42. The second-order valence-electron chi connectivity index (χ2n) is 2.65. The van der Waals surface area contributed by atoms with Crippen molar-refractivity contribution in [3.8, 4) is 0 Å². The second-order valence-corrected chi connectivity index (χ2v) is 3.10. The third kappa shape index (κ3) is 1.19. The van der Waals surface area contributed by atoms with E-state index in [2.05, 4.69) is 12.6 Å². The maximum absolute atomic E-state index is 11.1. The second kappa shape index (κ2) is 2.81. The van der Waals surface area contributed by atoms with Crippen LogP contribution in [-0.4, -0.2) is 0 Å². The molecule has 66 valence electrons. The van der Waals surface area contributed by atoms with Crippen LogP contribution in [0.2, 0.25) is 0 Å². The van der Waals surface area contributed by atoms with E-state index >= 15 is 0 Å². The highest BCUT2D eigenvalue weighted by Gasteiger charge is 2.07. The Morgan fingerprint density at radius 2 is 2.00 bits per heavy atom. The number of thiol groups is 1. The fourth-order valence-corrected chi connectivity index (χ4v) is 1.33. The van der Waals surface area contributed by atoms with Crippen LogP contribution in [0.1, 0.15) is 0 Å². The van der Waals surface area contributed by atoms with Gasteiger partial charge in [0.05, 0.1) is 5.69 Å². The minimum atomic E-state index is -0.500. The van der Waals surface area contributed by atoms with Crippen LogP contribution >= 0.6 is 12.6 Å². The molecule has 0 aliphatic rings. The SMILES string of the molecule is Nc1c(S)c(=O)oc2ccccc12. The van der Waals surface area contributed by atoms with E-state index in [9.17, 15) is 4.79 Å². The molecule has 4 heteroatoms. The smallest absolute Gasteiger partial charge is 0.351 e. The zero-order valence-corrected chi connectivity index (χ0v) is 7.54. The summed E-state index contributed by atoms with van der Waals surface area (Å²) in [7, 11) is 0. The normalized spacial score (nSPS) is 10.5. The maximum atomic E-state index is 11.1. The molecule has 0 amide bonds. The predicted molar refractivity (Wildman–Crippen MR) is 54.1 cm³/mol. The number of hydrogen-bond acceptors (Lipinski definition) is 4. The number of rotatable bonds is 0. The monoisotopic (exact) mass is 193 g/mol.